The lowest BCUT2D eigenvalue weighted by Crippen LogP contribution is -2.34. The first-order valence-electron chi connectivity index (χ1n) is 5.72. The van der Waals surface area contributed by atoms with Crippen LogP contribution in [0, 0.1) is 0 Å². The Morgan fingerprint density at radius 1 is 1.19 bits per heavy atom. The molecule has 0 radical (unpaired) electrons. The van der Waals surface area contributed by atoms with Crippen LogP contribution >= 0.6 is 0 Å². The van der Waals surface area contributed by atoms with E-state index in [-0.39, 0.29) is 5.54 Å². The van der Waals surface area contributed by atoms with Crippen LogP contribution in [0.15, 0.2) is 0 Å². The normalized spacial score (nSPS) is 12.1. The molecule has 1 aromatic rings. The molecule has 5 nitrogen and oxygen atoms in total. The smallest absolute Gasteiger partial charge is 0.108 e. The molecule has 0 bridgehead atoms. The van der Waals surface area contributed by atoms with Crippen molar-refractivity contribution in [3.05, 3.63) is 17.2 Å². The van der Waals surface area contributed by atoms with E-state index in [1.54, 1.807) is 0 Å². The van der Waals surface area contributed by atoms with E-state index in [1.165, 1.54) is 0 Å². The molecule has 0 aromatic carbocycles. The first-order chi connectivity index (χ1) is 7.46. The fourth-order valence-corrected chi connectivity index (χ4v) is 1.71. The Bertz CT molecular complexity index is 300. The highest BCUT2D eigenvalue weighted by Gasteiger charge is 2.16. The largest absolute Gasteiger partial charge is 0.346 e. The van der Waals surface area contributed by atoms with Crippen molar-refractivity contribution in [1.29, 1.82) is 0 Å². The highest BCUT2D eigenvalue weighted by atomic mass is 14.9. The van der Waals surface area contributed by atoms with Crippen molar-refractivity contribution in [3.8, 4) is 0 Å². The number of rotatable bonds is 6. The number of hydrogen-bond donors (Lipinski definition) is 4. The Labute approximate surface area is 96.8 Å². The zero-order chi connectivity index (χ0) is 12.2. The molecule has 1 rings (SSSR count). The Hall–Kier alpha value is -0.910. The van der Waals surface area contributed by atoms with E-state index in [9.17, 15) is 0 Å². The molecule has 0 amide bonds. The standard InChI is InChI=1S/C11H23N5/c1-11(2,14)7-10-15-8(3-5-12)9(16-10)4-6-13/h3-7,12-14H2,1-2H3,(H,15,16). The summed E-state index contributed by atoms with van der Waals surface area (Å²) in [4.78, 5) is 7.83. The van der Waals surface area contributed by atoms with Crippen LogP contribution in [0.2, 0.25) is 0 Å². The lowest BCUT2D eigenvalue weighted by atomic mass is 10.0. The monoisotopic (exact) mass is 225 g/mol. The molecule has 0 aliphatic heterocycles. The van der Waals surface area contributed by atoms with E-state index in [1.807, 2.05) is 13.8 Å². The van der Waals surface area contributed by atoms with Gasteiger partial charge in [-0.1, -0.05) is 0 Å². The summed E-state index contributed by atoms with van der Waals surface area (Å²) in [5.41, 5.74) is 19.0. The third-order valence-corrected chi connectivity index (χ3v) is 2.31. The molecule has 0 fully saturated rings. The maximum Gasteiger partial charge on any atom is 0.108 e. The topological polar surface area (TPSA) is 107 Å². The molecule has 0 saturated carbocycles. The maximum absolute atomic E-state index is 5.97. The molecule has 0 aliphatic rings. The van der Waals surface area contributed by atoms with Crippen molar-refractivity contribution < 1.29 is 0 Å². The minimum atomic E-state index is -0.252. The quantitative estimate of drug-likeness (QED) is 0.533. The maximum atomic E-state index is 5.97. The van der Waals surface area contributed by atoms with Gasteiger partial charge in [-0.05, 0) is 26.9 Å². The Balaban J connectivity index is 2.83. The number of nitrogens with two attached hydrogens (primary N) is 3. The minimum absolute atomic E-state index is 0.252. The van der Waals surface area contributed by atoms with E-state index in [0.717, 1.165) is 36.5 Å². The van der Waals surface area contributed by atoms with Crippen LogP contribution in [0.5, 0.6) is 0 Å². The highest BCUT2D eigenvalue weighted by Crippen LogP contribution is 2.12. The highest BCUT2D eigenvalue weighted by molar-refractivity contribution is 5.17. The lowest BCUT2D eigenvalue weighted by Gasteiger charge is -2.15. The van der Waals surface area contributed by atoms with Gasteiger partial charge in [0, 0.05) is 30.5 Å². The minimum Gasteiger partial charge on any atom is -0.346 e. The molecule has 0 aliphatic carbocycles. The van der Waals surface area contributed by atoms with Gasteiger partial charge in [-0.2, -0.15) is 0 Å². The van der Waals surface area contributed by atoms with Gasteiger partial charge in [0.05, 0.1) is 5.69 Å². The van der Waals surface area contributed by atoms with Gasteiger partial charge in [0.2, 0.25) is 0 Å². The van der Waals surface area contributed by atoms with Gasteiger partial charge in [0.1, 0.15) is 5.82 Å². The molecule has 5 heteroatoms. The van der Waals surface area contributed by atoms with Gasteiger partial charge in [-0.25, -0.2) is 4.98 Å². The summed E-state index contributed by atoms with van der Waals surface area (Å²) < 4.78 is 0. The van der Waals surface area contributed by atoms with E-state index in [0.29, 0.717) is 13.1 Å². The van der Waals surface area contributed by atoms with Gasteiger partial charge in [-0.3, -0.25) is 0 Å². The van der Waals surface area contributed by atoms with E-state index in [2.05, 4.69) is 9.97 Å². The molecule has 1 aromatic heterocycles. The summed E-state index contributed by atoms with van der Waals surface area (Å²) >= 11 is 0. The predicted molar refractivity (Wildman–Crippen MR) is 66.1 cm³/mol. The molecule has 92 valence electrons. The van der Waals surface area contributed by atoms with Crippen LogP contribution in [0.25, 0.3) is 0 Å². The Morgan fingerprint density at radius 3 is 2.31 bits per heavy atom. The summed E-state index contributed by atoms with van der Waals surface area (Å²) in [6.07, 6.45) is 2.33. The lowest BCUT2D eigenvalue weighted by molar-refractivity contribution is 0.504. The summed E-state index contributed by atoms with van der Waals surface area (Å²) in [5.74, 6) is 0.930. The van der Waals surface area contributed by atoms with Crippen molar-refractivity contribution in [2.24, 2.45) is 17.2 Å². The summed E-state index contributed by atoms with van der Waals surface area (Å²) in [7, 11) is 0. The number of aromatic nitrogens is 2. The SMILES string of the molecule is CC(C)(N)Cc1nc(CCN)c(CCN)[nH]1. The fourth-order valence-electron chi connectivity index (χ4n) is 1.71. The second kappa shape index (κ2) is 5.43. The van der Waals surface area contributed by atoms with Gasteiger partial charge < -0.3 is 22.2 Å². The fraction of sp³-hybridized carbons (Fsp3) is 0.727. The van der Waals surface area contributed by atoms with E-state index in [4.69, 9.17) is 17.2 Å². The van der Waals surface area contributed by atoms with Crippen molar-refractivity contribution in [1.82, 2.24) is 9.97 Å². The molecule has 7 N–H and O–H groups in total. The second-order valence-corrected chi connectivity index (χ2v) is 4.85. The van der Waals surface area contributed by atoms with Crippen molar-refractivity contribution >= 4 is 0 Å². The van der Waals surface area contributed by atoms with Crippen LogP contribution in [-0.4, -0.2) is 28.6 Å². The zero-order valence-corrected chi connectivity index (χ0v) is 10.2. The van der Waals surface area contributed by atoms with Gasteiger partial charge in [0.25, 0.3) is 0 Å². The zero-order valence-electron chi connectivity index (χ0n) is 10.2. The molecule has 1 heterocycles. The molecule has 0 saturated heterocycles. The van der Waals surface area contributed by atoms with Crippen LogP contribution in [0.1, 0.15) is 31.1 Å². The van der Waals surface area contributed by atoms with Crippen LogP contribution < -0.4 is 17.2 Å². The van der Waals surface area contributed by atoms with Crippen LogP contribution in [0.4, 0.5) is 0 Å². The average Bonchev–Trinajstić information content (AvgIpc) is 2.46. The third-order valence-electron chi connectivity index (χ3n) is 2.31. The van der Waals surface area contributed by atoms with Gasteiger partial charge in [-0.15, -0.1) is 0 Å². The third kappa shape index (κ3) is 3.92. The molecule has 16 heavy (non-hydrogen) atoms. The van der Waals surface area contributed by atoms with Crippen molar-refractivity contribution in [2.75, 3.05) is 13.1 Å². The molecule has 0 atom stereocenters. The van der Waals surface area contributed by atoms with E-state index >= 15 is 0 Å². The summed E-state index contributed by atoms with van der Waals surface area (Å²) in [5, 5.41) is 0. The van der Waals surface area contributed by atoms with Gasteiger partial charge in [0.15, 0.2) is 0 Å². The number of nitrogens with one attached hydrogen (secondary N) is 1. The first-order valence-corrected chi connectivity index (χ1v) is 5.72. The van der Waals surface area contributed by atoms with E-state index < -0.39 is 0 Å². The number of nitrogens with zero attached hydrogens (tertiary/aromatic N) is 1. The number of imidazole rings is 1. The predicted octanol–water partition coefficient (Wildman–Crippen LogP) is -0.308. The Morgan fingerprint density at radius 2 is 1.81 bits per heavy atom. The molecular formula is C11H23N5. The van der Waals surface area contributed by atoms with Crippen molar-refractivity contribution in [3.63, 3.8) is 0 Å². The van der Waals surface area contributed by atoms with Crippen molar-refractivity contribution in [2.45, 2.75) is 38.6 Å². The average molecular weight is 225 g/mol. The van der Waals surface area contributed by atoms with Gasteiger partial charge >= 0.3 is 0 Å². The van der Waals surface area contributed by atoms with Crippen LogP contribution in [0.3, 0.4) is 0 Å². The number of hydrogen-bond acceptors (Lipinski definition) is 4. The first kappa shape index (κ1) is 13.2. The number of aromatic amines is 1. The molecule has 0 spiro atoms. The second-order valence-electron chi connectivity index (χ2n) is 4.85. The van der Waals surface area contributed by atoms with Crippen LogP contribution in [-0.2, 0) is 19.3 Å². The number of H-pyrrole nitrogens is 1. The Kier molecular flexibility index (Phi) is 4.46. The summed E-state index contributed by atoms with van der Waals surface area (Å²) in [6, 6.07) is 0. The summed E-state index contributed by atoms with van der Waals surface area (Å²) in [6.45, 7) is 5.20. The molecule has 0 unspecified atom stereocenters. The molecular weight excluding hydrogens is 202 g/mol.